The first-order valence-corrected chi connectivity index (χ1v) is 7.10. The first-order valence-electron chi connectivity index (χ1n) is 7.10. The van der Waals surface area contributed by atoms with Crippen molar-refractivity contribution in [2.24, 2.45) is 5.73 Å². The molecule has 0 aliphatic heterocycles. The molecule has 3 aromatic rings. The molecule has 0 saturated carbocycles. The number of nitrogens with zero attached hydrogens (tertiary/aromatic N) is 4. The standard InChI is InChI=1S/C17H15N5O/c18-7-15-5-6-21(10-15)9-13-1-3-14(4-2-13)11-22-12-16(8-20-22)17(19)23/h1-6,8,10,12H,9,11H2,(H2,19,23). The average molecular weight is 305 g/mol. The maximum absolute atomic E-state index is 11.1. The molecule has 1 aromatic carbocycles. The molecule has 6 nitrogen and oxygen atoms in total. The van der Waals surface area contributed by atoms with Gasteiger partial charge in [-0.05, 0) is 17.2 Å². The Hall–Kier alpha value is -3.33. The first-order chi connectivity index (χ1) is 11.1. The highest BCUT2D eigenvalue weighted by Crippen LogP contribution is 2.10. The van der Waals surface area contributed by atoms with E-state index in [4.69, 9.17) is 11.0 Å². The molecule has 0 aliphatic carbocycles. The van der Waals surface area contributed by atoms with Gasteiger partial charge in [0, 0.05) is 25.1 Å². The van der Waals surface area contributed by atoms with Crippen molar-refractivity contribution in [1.82, 2.24) is 14.3 Å². The zero-order valence-corrected chi connectivity index (χ0v) is 12.4. The van der Waals surface area contributed by atoms with Crippen molar-refractivity contribution >= 4 is 5.91 Å². The number of amides is 1. The van der Waals surface area contributed by atoms with E-state index in [2.05, 4.69) is 11.2 Å². The molecule has 0 bridgehead atoms. The summed E-state index contributed by atoms with van der Waals surface area (Å²) in [5, 5.41) is 12.9. The largest absolute Gasteiger partial charge is 0.366 e. The second-order valence-electron chi connectivity index (χ2n) is 5.29. The number of benzene rings is 1. The molecule has 23 heavy (non-hydrogen) atoms. The highest BCUT2D eigenvalue weighted by atomic mass is 16.1. The molecule has 0 aliphatic rings. The van der Waals surface area contributed by atoms with Crippen molar-refractivity contribution in [2.75, 3.05) is 0 Å². The first kappa shape index (κ1) is 14.6. The number of hydrogen-bond acceptors (Lipinski definition) is 3. The zero-order valence-electron chi connectivity index (χ0n) is 12.4. The molecule has 0 unspecified atom stereocenters. The summed E-state index contributed by atoms with van der Waals surface area (Å²) in [7, 11) is 0. The van der Waals surface area contributed by atoms with Crippen LogP contribution in [-0.4, -0.2) is 20.3 Å². The molecule has 3 rings (SSSR count). The lowest BCUT2D eigenvalue weighted by Gasteiger charge is -2.06. The number of primary amides is 1. The quantitative estimate of drug-likeness (QED) is 0.778. The van der Waals surface area contributed by atoms with E-state index in [-0.39, 0.29) is 0 Å². The van der Waals surface area contributed by atoms with Gasteiger partial charge < -0.3 is 10.3 Å². The number of nitrogens with two attached hydrogens (primary N) is 1. The Balaban J connectivity index is 1.66. The van der Waals surface area contributed by atoms with Crippen molar-refractivity contribution in [1.29, 1.82) is 5.26 Å². The van der Waals surface area contributed by atoms with Gasteiger partial charge in [-0.2, -0.15) is 10.4 Å². The molecule has 0 fully saturated rings. The van der Waals surface area contributed by atoms with Crippen LogP contribution in [0.4, 0.5) is 0 Å². The topological polar surface area (TPSA) is 89.6 Å². The molecule has 2 aromatic heterocycles. The number of rotatable bonds is 5. The van der Waals surface area contributed by atoms with Gasteiger partial charge in [-0.25, -0.2) is 0 Å². The fourth-order valence-corrected chi connectivity index (χ4v) is 2.33. The lowest BCUT2D eigenvalue weighted by molar-refractivity contribution is 0.1000. The lowest BCUT2D eigenvalue weighted by Crippen LogP contribution is -2.09. The molecule has 0 saturated heterocycles. The van der Waals surface area contributed by atoms with Crippen LogP contribution in [0, 0.1) is 11.3 Å². The van der Waals surface area contributed by atoms with Crippen LogP contribution in [0.5, 0.6) is 0 Å². The molecule has 0 atom stereocenters. The van der Waals surface area contributed by atoms with E-state index in [1.807, 2.05) is 41.2 Å². The highest BCUT2D eigenvalue weighted by Gasteiger charge is 2.04. The maximum atomic E-state index is 11.1. The minimum atomic E-state index is -0.477. The Bertz CT molecular complexity index is 867. The van der Waals surface area contributed by atoms with E-state index < -0.39 is 5.91 Å². The third-order valence-electron chi connectivity index (χ3n) is 3.53. The van der Waals surface area contributed by atoms with Crippen molar-refractivity contribution in [2.45, 2.75) is 13.1 Å². The minimum absolute atomic E-state index is 0.405. The summed E-state index contributed by atoms with van der Waals surface area (Å²) in [5.74, 6) is -0.477. The molecule has 2 heterocycles. The Morgan fingerprint density at radius 2 is 1.83 bits per heavy atom. The summed E-state index contributed by atoms with van der Waals surface area (Å²) in [4.78, 5) is 11.1. The van der Waals surface area contributed by atoms with Crippen LogP contribution >= 0.6 is 0 Å². The predicted molar refractivity (Wildman–Crippen MR) is 84.5 cm³/mol. The third-order valence-corrected chi connectivity index (χ3v) is 3.53. The van der Waals surface area contributed by atoms with E-state index in [1.54, 1.807) is 16.9 Å². The Kier molecular flexibility index (Phi) is 3.93. The van der Waals surface area contributed by atoms with Crippen LogP contribution in [-0.2, 0) is 13.1 Å². The molecule has 0 spiro atoms. The number of carbonyl (C=O) groups excluding carboxylic acids is 1. The number of aromatic nitrogens is 3. The molecule has 0 radical (unpaired) electrons. The summed E-state index contributed by atoms with van der Waals surface area (Å²) in [6, 6.07) is 12.0. The van der Waals surface area contributed by atoms with E-state index in [0.717, 1.165) is 17.7 Å². The van der Waals surface area contributed by atoms with Gasteiger partial charge in [0.05, 0.1) is 23.9 Å². The smallest absolute Gasteiger partial charge is 0.251 e. The van der Waals surface area contributed by atoms with Gasteiger partial charge >= 0.3 is 0 Å². The molecular weight excluding hydrogens is 290 g/mol. The molecule has 6 heteroatoms. The second-order valence-corrected chi connectivity index (χ2v) is 5.29. The van der Waals surface area contributed by atoms with Crippen LogP contribution in [0.3, 0.4) is 0 Å². The normalized spacial score (nSPS) is 10.4. The Morgan fingerprint density at radius 1 is 1.13 bits per heavy atom. The van der Waals surface area contributed by atoms with Gasteiger partial charge in [0.15, 0.2) is 0 Å². The molecule has 114 valence electrons. The van der Waals surface area contributed by atoms with Crippen LogP contribution in [0.25, 0.3) is 0 Å². The fourth-order valence-electron chi connectivity index (χ4n) is 2.33. The SMILES string of the molecule is N#Cc1ccn(Cc2ccc(Cn3cc(C(N)=O)cn3)cc2)c1. The summed E-state index contributed by atoms with van der Waals surface area (Å²) in [6.45, 7) is 1.30. The van der Waals surface area contributed by atoms with Crippen molar-refractivity contribution in [3.8, 4) is 6.07 Å². The van der Waals surface area contributed by atoms with Crippen LogP contribution in [0.2, 0.25) is 0 Å². The maximum Gasteiger partial charge on any atom is 0.251 e. The van der Waals surface area contributed by atoms with Crippen LogP contribution in [0.15, 0.2) is 55.1 Å². The monoisotopic (exact) mass is 305 g/mol. The van der Waals surface area contributed by atoms with E-state index >= 15 is 0 Å². The summed E-state index contributed by atoms with van der Waals surface area (Å²) >= 11 is 0. The van der Waals surface area contributed by atoms with Gasteiger partial charge in [0.1, 0.15) is 6.07 Å². The molecular formula is C17H15N5O. The predicted octanol–water partition coefficient (Wildman–Crippen LogP) is 1.75. The van der Waals surface area contributed by atoms with Crippen molar-refractivity contribution in [3.05, 3.63) is 77.4 Å². The highest BCUT2D eigenvalue weighted by molar-refractivity contribution is 5.92. The van der Waals surface area contributed by atoms with Crippen LogP contribution < -0.4 is 5.73 Å². The third kappa shape index (κ3) is 3.47. The molecule has 2 N–H and O–H groups in total. The zero-order chi connectivity index (χ0) is 16.2. The number of hydrogen-bond donors (Lipinski definition) is 1. The second kappa shape index (κ2) is 6.20. The van der Waals surface area contributed by atoms with E-state index in [1.165, 1.54) is 6.20 Å². The van der Waals surface area contributed by atoms with E-state index in [9.17, 15) is 4.79 Å². The van der Waals surface area contributed by atoms with Gasteiger partial charge in [0.2, 0.25) is 0 Å². The summed E-state index contributed by atoms with van der Waals surface area (Å²) < 4.78 is 3.65. The Morgan fingerprint density at radius 3 is 2.39 bits per heavy atom. The van der Waals surface area contributed by atoms with Crippen molar-refractivity contribution < 1.29 is 4.79 Å². The van der Waals surface area contributed by atoms with Crippen LogP contribution in [0.1, 0.15) is 27.0 Å². The van der Waals surface area contributed by atoms with Crippen molar-refractivity contribution in [3.63, 3.8) is 0 Å². The lowest BCUT2D eigenvalue weighted by atomic mass is 10.1. The number of nitriles is 1. The van der Waals surface area contributed by atoms with Gasteiger partial charge in [-0.15, -0.1) is 0 Å². The van der Waals surface area contributed by atoms with Gasteiger partial charge in [-0.1, -0.05) is 24.3 Å². The number of carbonyl (C=O) groups is 1. The summed E-state index contributed by atoms with van der Waals surface area (Å²) in [6.07, 6.45) is 6.82. The summed E-state index contributed by atoms with van der Waals surface area (Å²) in [5.41, 5.74) is 8.50. The van der Waals surface area contributed by atoms with Gasteiger partial charge in [-0.3, -0.25) is 9.48 Å². The molecule has 1 amide bonds. The fraction of sp³-hybridized carbons (Fsp3) is 0.118. The van der Waals surface area contributed by atoms with E-state index in [0.29, 0.717) is 17.7 Å². The van der Waals surface area contributed by atoms with Gasteiger partial charge in [0.25, 0.3) is 5.91 Å². The Labute approximate surface area is 133 Å². The average Bonchev–Trinajstić information content (AvgIpc) is 3.18. The minimum Gasteiger partial charge on any atom is -0.366 e.